The molecule has 0 saturated heterocycles. The molecule has 0 aliphatic heterocycles. The number of esters is 1. The van der Waals surface area contributed by atoms with Gasteiger partial charge in [0.1, 0.15) is 14.5 Å². The summed E-state index contributed by atoms with van der Waals surface area (Å²) in [4.78, 5) is 33.2. The molecule has 0 fully saturated rings. The van der Waals surface area contributed by atoms with E-state index in [1.54, 1.807) is 13.1 Å². The summed E-state index contributed by atoms with van der Waals surface area (Å²) in [5.41, 5.74) is 6.93. The zero-order valence-corrected chi connectivity index (χ0v) is 23.1. The molecule has 4 rings (SSSR count). The minimum atomic E-state index is -0.531. The lowest BCUT2D eigenvalue weighted by atomic mass is 9.89. The second-order valence-electron chi connectivity index (χ2n) is 8.86. The quantitative estimate of drug-likeness (QED) is 0.176. The summed E-state index contributed by atoms with van der Waals surface area (Å²) in [5.74, 6) is 0.469. The van der Waals surface area contributed by atoms with Crippen molar-refractivity contribution in [3.63, 3.8) is 0 Å². The molecule has 0 radical (unpaired) electrons. The summed E-state index contributed by atoms with van der Waals surface area (Å²) in [6, 6.07) is 23.0. The van der Waals surface area contributed by atoms with Crippen molar-refractivity contribution in [2.75, 3.05) is 24.2 Å². The number of ether oxygens (including phenoxy) is 2. The molecular weight excluding hydrogens is 511 g/mol. The van der Waals surface area contributed by atoms with Crippen molar-refractivity contribution >= 4 is 47.8 Å². The molecule has 198 valence electrons. The van der Waals surface area contributed by atoms with Crippen molar-refractivity contribution in [3.8, 4) is 17.1 Å². The van der Waals surface area contributed by atoms with Gasteiger partial charge in [-0.15, -0.1) is 0 Å². The number of carbonyl (C=O) groups excluding carboxylic acids is 2. The summed E-state index contributed by atoms with van der Waals surface area (Å²) < 4.78 is 13.7. The van der Waals surface area contributed by atoms with Crippen LogP contribution in [-0.2, 0) is 22.6 Å². The van der Waals surface area contributed by atoms with Gasteiger partial charge in [0, 0.05) is 37.0 Å². The SMILES string of the molecule is Bc1cc(C)ccc1COc1cccc(-c2ccc(CC(=O)SNc3ccc(C(=O)OC)nc3NC)cc2)n1. The first-order valence-corrected chi connectivity index (χ1v) is 13.2. The molecule has 2 N–H and O–H groups in total. The topological polar surface area (TPSA) is 102 Å². The Bertz CT molecular complexity index is 1480. The number of hydrogen-bond donors (Lipinski definition) is 2. The van der Waals surface area contributed by atoms with Crippen LogP contribution in [0.3, 0.4) is 0 Å². The molecule has 2 aromatic carbocycles. The molecule has 10 heteroatoms. The lowest BCUT2D eigenvalue weighted by molar-refractivity contribution is -0.110. The molecule has 0 bridgehead atoms. The monoisotopic (exact) mass is 540 g/mol. The van der Waals surface area contributed by atoms with Crippen LogP contribution in [0.4, 0.5) is 11.5 Å². The van der Waals surface area contributed by atoms with Gasteiger partial charge in [-0.3, -0.25) is 4.79 Å². The number of benzene rings is 2. The Balaban J connectivity index is 1.34. The zero-order chi connectivity index (χ0) is 27.8. The van der Waals surface area contributed by atoms with Gasteiger partial charge in [0.15, 0.2) is 11.5 Å². The Morgan fingerprint density at radius 2 is 1.79 bits per heavy atom. The largest absolute Gasteiger partial charge is 0.473 e. The van der Waals surface area contributed by atoms with E-state index < -0.39 is 5.97 Å². The molecule has 39 heavy (non-hydrogen) atoms. The Morgan fingerprint density at radius 1 is 1.00 bits per heavy atom. The third-order valence-electron chi connectivity index (χ3n) is 6.00. The number of aromatic nitrogens is 2. The highest BCUT2D eigenvalue weighted by molar-refractivity contribution is 8.14. The van der Waals surface area contributed by atoms with Crippen molar-refractivity contribution in [2.24, 2.45) is 0 Å². The zero-order valence-electron chi connectivity index (χ0n) is 22.3. The highest BCUT2D eigenvalue weighted by Crippen LogP contribution is 2.25. The van der Waals surface area contributed by atoms with Crippen molar-refractivity contribution in [1.82, 2.24) is 9.97 Å². The van der Waals surface area contributed by atoms with Crippen LogP contribution in [0.2, 0.25) is 0 Å². The summed E-state index contributed by atoms with van der Waals surface area (Å²) in [7, 11) is 5.06. The van der Waals surface area contributed by atoms with E-state index >= 15 is 0 Å². The number of hydrogen-bond acceptors (Lipinski definition) is 9. The highest BCUT2D eigenvalue weighted by Gasteiger charge is 2.13. The molecule has 0 unspecified atom stereocenters. The summed E-state index contributed by atoms with van der Waals surface area (Å²) >= 11 is 0.968. The van der Waals surface area contributed by atoms with E-state index in [-0.39, 0.29) is 17.2 Å². The van der Waals surface area contributed by atoms with E-state index in [0.717, 1.165) is 34.3 Å². The van der Waals surface area contributed by atoms with Crippen molar-refractivity contribution in [3.05, 3.63) is 95.2 Å². The molecule has 4 aromatic rings. The molecule has 0 spiro atoms. The number of aryl methyl sites for hydroxylation is 1. The molecule has 0 aliphatic rings. The fraction of sp³-hybridized carbons (Fsp3) is 0.172. The van der Waals surface area contributed by atoms with Crippen LogP contribution in [-0.4, -0.2) is 43.1 Å². The van der Waals surface area contributed by atoms with Gasteiger partial charge >= 0.3 is 5.97 Å². The first-order valence-electron chi connectivity index (χ1n) is 12.3. The van der Waals surface area contributed by atoms with Crippen LogP contribution in [0.25, 0.3) is 11.3 Å². The summed E-state index contributed by atoms with van der Waals surface area (Å²) in [6.07, 6.45) is 0.243. The Labute approximate surface area is 233 Å². The number of methoxy groups -OCH3 is 1. The van der Waals surface area contributed by atoms with E-state index in [2.05, 4.69) is 53.0 Å². The summed E-state index contributed by atoms with van der Waals surface area (Å²) in [6.45, 7) is 2.53. The highest BCUT2D eigenvalue weighted by atomic mass is 32.2. The fourth-order valence-electron chi connectivity index (χ4n) is 3.87. The Kier molecular flexibility index (Phi) is 9.22. The van der Waals surface area contributed by atoms with E-state index in [1.807, 2.05) is 42.5 Å². The average molecular weight is 540 g/mol. The number of anilines is 2. The van der Waals surface area contributed by atoms with Crippen molar-refractivity contribution < 1.29 is 19.1 Å². The lowest BCUT2D eigenvalue weighted by Crippen LogP contribution is -2.13. The standard InChI is InChI=1S/C29H29BN4O4S/c1-18-7-10-21(22(30)15-18)17-38-26-6-4-5-23(32-26)20-11-8-19(9-12-20)16-27(35)39-34-24-13-14-25(29(36)37-3)33-28(24)31-2/h4-15,34H,16-17,30H2,1-3H3,(H,31,33). The minimum absolute atomic E-state index is 0.0678. The van der Waals surface area contributed by atoms with Crippen molar-refractivity contribution in [2.45, 2.75) is 20.0 Å². The maximum atomic E-state index is 12.6. The van der Waals surface area contributed by atoms with Gasteiger partial charge in [0.05, 0.1) is 18.5 Å². The maximum Gasteiger partial charge on any atom is 0.356 e. The van der Waals surface area contributed by atoms with Crippen LogP contribution in [0, 0.1) is 6.92 Å². The van der Waals surface area contributed by atoms with E-state index in [4.69, 9.17) is 9.47 Å². The van der Waals surface area contributed by atoms with Crippen molar-refractivity contribution in [1.29, 1.82) is 0 Å². The molecule has 2 heterocycles. The van der Waals surface area contributed by atoms with E-state index in [9.17, 15) is 9.59 Å². The Hall–Kier alpha value is -4.31. The van der Waals surface area contributed by atoms with E-state index in [0.29, 0.717) is 24.0 Å². The molecular formula is C29H29BN4O4S. The van der Waals surface area contributed by atoms with Gasteiger partial charge in [-0.1, -0.05) is 59.6 Å². The van der Waals surface area contributed by atoms with Crippen LogP contribution in [0.15, 0.2) is 72.8 Å². The number of rotatable bonds is 10. The van der Waals surface area contributed by atoms with Crippen LogP contribution in [0.1, 0.15) is 27.2 Å². The minimum Gasteiger partial charge on any atom is -0.473 e. The molecule has 0 atom stereocenters. The molecule has 0 saturated carbocycles. The third-order valence-corrected chi connectivity index (χ3v) is 6.69. The van der Waals surface area contributed by atoms with Gasteiger partial charge < -0.3 is 19.5 Å². The van der Waals surface area contributed by atoms with E-state index in [1.165, 1.54) is 24.2 Å². The first kappa shape index (κ1) is 27.7. The number of carbonyl (C=O) groups is 2. The normalized spacial score (nSPS) is 10.5. The lowest BCUT2D eigenvalue weighted by Gasteiger charge is -2.11. The molecule has 0 aliphatic carbocycles. The Morgan fingerprint density at radius 3 is 2.51 bits per heavy atom. The number of nitrogens with zero attached hydrogens (tertiary/aromatic N) is 2. The smallest absolute Gasteiger partial charge is 0.356 e. The van der Waals surface area contributed by atoms with Gasteiger partial charge in [-0.25, -0.2) is 14.8 Å². The van der Waals surface area contributed by atoms with Gasteiger partial charge in [-0.05, 0) is 36.2 Å². The summed E-state index contributed by atoms with van der Waals surface area (Å²) in [5, 5.41) is 2.85. The number of pyridine rings is 2. The van der Waals surface area contributed by atoms with Crippen LogP contribution in [0.5, 0.6) is 5.88 Å². The fourth-order valence-corrected chi connectivity index (χ4v) is 4.50. The van der Waals surface area contributed by atoms with Crippen LogP contribution < -0.4 is 20.2 Å². The second kappa shape index (κ2) is 13.0. The van der Waals surface area contributed by atoms with Crippen LogP contribution >= 0.6 is 11.9 Å². The van der Waals surface area contributed by atoms with Gasteiger partial charge in [-0.2, -0.15) is 0 Å². The van der Waals surface area contributed by atoms with Gasteiger partial charge in [0.2, 0.25) is 11.0 Å². The maximum absolute atomic E-state index is 12.6. The molecule has 2 aromatic heterocycles. The second-order valence-corrected chi connectivity index (χ2v) is 9.73. The first-order chi connectivity index (χ1) is 18.9. The average Bonchev–Trinajstić information content (AvgIpc) is 2.95. The van der Waals surface area contributed by atoms with Gasteiger partial charge in [0.25, 0.3) is 0 Å². The molecule has 0 amide bonds. The number of nitrogens with one attached hydrogen (secondary N) is 2. The molecule has 8 nitrogen and oxygen atoms in total. The third kappa shape index (κ3) is 7.39. The predicted octanol–water partition coefficient (Wildman–Crippen LogP) is 3.95. The predicted molar refractivity (Wildman–Crippen MR) is 158 cm³/mol.